The Hall–Kier alpha value is -5.05. The Morgan fingerprint density at radius 3 is 2.47 bits per heavy atom. The third-order valence-electron chi connectivity index (χ3n) is 7.51. The number of rotatable bonds is 8. The fourth-order valence-corrected chi connectivity index (χ4v) is 5.13. The van der Waals surface area contributed by atoms with E-state index in [2.05, 4.69) is 15.0 Å². The van der Waals surface area contributed by atoms with Gasteiger partial charge in [-0.3, -0.25) is 24.5 Å². The van der Waals surface area contributed by atoms with Gasteiger partial charge in [-0.2, -0.15) is 0 Å². The highest BCUT2D eigenvalue weighted by Crippen LogP contribution is 2.36. The monoisotopic (exact) mass is 578 g/mol. The molecular formula is C34H28F2N4O3. The second kappa shape index (κ2) is 12.1. The number of piperidine rings is 1. The van der Waals surface area contributed by atoms with Crippen LogP contribution in [-0.4, -0.2) is 50.6 Å². The Bertz CT molecular complexity index is 1780. The molecule has 0 aliphatic carbocycles. The molecule has 5 aromatic rings. The summed E-state index contributed by atoms with van der Waals surface area (Å²) in [5.74, 6) is -2.35. The number of carbonyl (C=O) groups excluding carboxylic acids is 2. The number of amides is 1. The smallest absolute Gasteiger partial charge is 0.255 e. The summed E-state index contributed by atoms with van der Waals surface area (Å²) in [7, 11) is 0. The number of aryl methyl sites for hydroxylation is 1. The Balaban J connectivity index is 1.24. The highest BCUT2D eigenvalue weighted by molar-refractivity contribution is 5.98. The van der Waals surface area contributed by atoms with Crippen LogP contribution < -0.4 is 0 Å². The van der Waals surface area contributed by atoms with Crippen LogP contribution in [-0.2, 0) is 11.2 Å². The Kier molecular flexibility index (Phi) is 7.87. The van der Waals surface area contributed by atoms with Crippen LogP contribution in [0, 0.1) is 0 Å². The predicted octanol–water partition coefficient (Wildman–Crippen LogP) is 7.04. The largest absolute Gasteiger partial charge is 0.460 e. The van der Waals surface area contributed by atoms with Crippen LogP contribution in [0.3, 0.4) is 0 Å². The van der Waals surface area contributed by atoms with E-state index in [9.17, 15) is 18.4 Å². The maximum absolute atomic E-state index is 13.5. The molecule has 1 aliphatic heterocycles. The quantitative estimate of drug-likeness (QED) is 0.184. The first-order chi connectivity index (χ1) is 20.8. The van der Waals surface area contributed by atoms with Crippen LogP contribution in [0.1, 0.15) is 40.9 Å². The minimum Gasteiger partial charge on any atom is -0.460 e. The van der Waals surface area contributed by atoms with Gasteiger partial charge in [-0.25, -0.2) is 8.78 Å². The van der Waals surface area contributed by atoms with Gasteiger partial charge in [-0.1, -0.05) is 6.07 Å². The minimum atomic E-state index is -2.72. The van der Waals surface area contributed by atoms with Crippen LogP contribution in [0.15, 0.2) is 96.1 Å². The molecular weight excluding hydrogens is 550 g/mol. The summed E-state index contributed by atoms with van der Waals surface area (Å²) in [6.45, 7) is 0.0452. The number of ketones is 1. The molecule has 0 unspecified atom stereocenters. The topological polar surface area (TPSA) is 89.2 Å². The highest BCUT2D eigenvalue weighted by atomic mass is 19.3. The number of likely N-dealkylation sites (tertiary alicyclic amines) is 1. The molecule has 43 heavy (non-hydrogen) atoms. The van der Waals surface area contributed by atoms with Crippen LogP contribution in [0.25, 0.3) is 39.4 Å². The Labute approximate surface area is 246 Å². The van der Waals surface area contributed by atoms with Crippen LogP contribution >= 0.6 is 0 Å². The van der Waals surface area contributed by atoms with E-state index in [1.165, 1.54) is 11.1 Å². The lowest BCUT2D eigenvalue weighted by Crippen LogP contribution is -2.42. The van der Waals surface area contributed by atoms with Crippen molar-refractivity contribution >= 4 is 28.7 Å². The van der Waals surface area contributed by atoms with Crippen molar-refractivity contribution in [1.29, 1.82) is 0 Å². The zero-order chi connectivity index (χ0) is 29.8. The number of fused-ring (bicyclic) bond motifs is 1. The Morgan fingerprint density at radius 2 is 1.74 bits per heavy atom. The van der Waals surface area contributed by atoms with E-state index in [-0.39, 0.29) is 37.6 Å². The maximum atomic E-state index is 13.5. The molecule has 6 rings (SSSR count). The highest BCUT2D eigenvalue weighted by Gasteiger charge is 2.35. The van der Waals surface area contributed by atoms with Gasteiger partial charge in [0, 0.05) is 86.3 Å². The van der Waals surface area contributed by atoms with Crippen LogP contribution in [0.4, 0.5) is 8.78 Å². The van der Waals surface area contributed by atoms with E-state index >= 15 is 0 Å². The molecule has 1 aliphatic rings. The second-order valence-electron chi connectivity index (χ2n) is 10.6. The molecule has 4 aromatic heterocycles. The van der Waals surface area contributed by atoms with Crippen LogP contribution in [0.5, 0.6) is 0 Å². The maximum Gasteiger partial charge on any atom is 0.255 e. The number of aromatic nitrogens is 3. The van der Waals surface area contributed by atoms with Gasteiger partial charge in [0.05, 0.1) is 11.3 Å². The Morgan fingerprint density at radius 1 is 0.930 bits per heavy atom. The SMILES string of the molecule is O=C(/C=C/c1cccnc1)CCc1cc2cc(-c3ccc(C(=O)N4CCC(F)(F)CC4)cn3)cc(-c3ccncc3)c2o1. The molecule has 0 radical (unpaired) electrons. The number of benzene rings is 1. The van der Waals surface area contributed by atoms with Gasteiger partial charge in [0.2, 0.25) is 0 Å². The summed E-state index contributed by atoms with van der Waals surface area (Å²) >= 11 is 0. The lowest BCUT2D eigenvalue weighted by molar-refractivity contribution is -0.114. The number of allylic oxidation sites excluding steroid dienone is 1. The van der Waals surface area contributed by atoms with E-state index in [0.717, 1.165) is 27.6 Å². The third kappa shape index (κ3) is 6.56. The van der Waals surface area contributed by atoms with E-state index < -0.39 is 5.92 Å². The molecule has 0 atom stereocenters. The normalized spacial score (nSPS) is 14.8. The molecule has 1 fully saturated rings. The van der Waals surface area contributed by atoms with Crippen molar-refractivity contribution in [2.24, 2.45) is 0 Å². The van der Waals surface area contributed by atoms with Crippen molar-refractivity contribution in [3.63, 3.8) is 0 Å². The number of alkyl halides is 2. The average molecular weight is 579 g/mol. The van der Waals surface area contributed by atoms with Crippen molar-refractivity contribution in [2.45, 2.75) is 31.6 Å². The molecule has 1 aromatic carbocycles. The zero-order valence-electron chi connectivity index (χ0n) is 23.2. The number of hydrogen-bond acceptors (Lipinski definition) is 6. The predicted molar refractivity (Wildman–Crippen MR) is 159 cm³/mol. The summed E-state index contributed by atoms with van der Waals surface area (Å²) in [6.07, 6.45) is 11.7. The molecule has 5 heterocycles. The van der Waals surface area contributed by atoms with Gasteiger partial charge in [-0.05, 0) is 71.8 Å². The number of nitrogens with zero attached hydrogens (tertiary/aromatic N) is 4. The number of carbonyl (C=O) groups is 2. The summed E-state index contributed by atoms with van der Waals surface area (Å²) in [5, 5.41) is 0.855. The van der Waals surface area contributed by atoms with E-state index in [1.807, 2.05) is 42.5 Å². The summed E-state index contributed by atoms with van der Waals surface area (Å²) in [6, 6.07) is 16.8. The molecule has 0 saturated carbocycles. The number of hydrogen-bond donors (Lipinski definition) is 0. The summed E-state index contributed by atoms with van der Waals surface area (Å²) in [4.78, 5) is 39.6. The molecule has 1 saturated heterocycles. The molecule has 0 spiro atoms. The lowest BCUT2D eigenvalue weighted by atomic mass is 9.99. The second-order valence-corrected chi connectivity index (χ2v) is 10.6. The minimum absolute atomic E-state index is 0.0172. The van der Waals surface area contributed by atoms with E-state index in [0.29, 0.717) is 35.4 Å². The van der Waals surface area contributed by atoms with Gasteiger partial charge < -0.3 is 9.32 Å². The van der Waals surface area contributed by atoms with Gasteiger partial charge in [0.1, 0.15) is 11.3 Å². The van der Waals surface area contributed by atoms with Gasteiger partial charge in [0.15, 0.2) is 5.78 Å². The van der Waals surface area contributed by atoms with Gasteiger partial charge in [0.25, 0.3) is 11.8 Å². The standard InChI is InChI=1S/C34H28F2N4O3/c35-34(36)11-16-40(17-12-34)33(42)25-4-8-31(39-22-25)26-18-27-19-29(7-6-28(41)5-3-23-2-1-13-38-21-23)43-32(27)30(20-26)24-9-14-37-15-10-24/h1-5,8-10,13-15,18-22H,6-7,11-12,16-17H2/b5-3+. The molecule has 0 N–H and O–H groups in total. The molecule has 1 amide bonds. The third-order valence-corrected chi connectivity index (χ3v) is 7.51. The van der Waals surface area contributed by atoms with Crippen molar-refractivity contribution in [3.8, 4) is 22.4 Å². The van der Waals surface area contributed by atoms with Crippen molar-refractivity contribution in [2.75, 3.05) is 13.1 Å². The zero-order valence-corrected chi connectivity index (χ0v) is 23.2. The van der Waals surface area contributed by atoms with Gasteiger partial charge in [-0.15, -0.1) is 0 Å². The first-order valence-corrected chi connectivity index (χ1v) is 14.1. The molecule has 216 valence electrons. The number of pyridine rings is 3. The summed E-state index contributed by atoms with van der Waals surface area (Å²) < 4.78 is 33.3. The van der Waals surface area contributed by atoms with E-state index in [1.54, 1.807) is 49.1 Å². The first kappa shape index (κ1) is 28.1. The van der Waals surface area contributed by atoms with Crippen molar-refractivity contribution in [1.82, 2.24) is 19.9 Å². The fourth-order valence-electron chi connectivity index (χ4n) is 5.13. The molecule has 7 nitrogen and oxygen atoms in total. The summed E-state index contributed by atoms with van der Waals surface area (Å²) in [5.41, 5.74) is 5.13. The number of furan rings is 1. The molecule has 0 bridgehead atoms. The average Bonchev–Trinajstić information content (AvgIpc) is 3.46. The lowest BCUT2D eigenvalue weighted by Gasteiger charge is -2.31. The van der Waals surface area contributed by atoms with E-state index in [4.69, 9.17) is 4.42 Å². The first-order valence-electron chi connectivity index (χ1n) is 14.1. The fraction of sp³-hybridized carbons (Fsp3) is 0.206. The van der Waals surface area contributed by atoms with Crippen molar-refractivity contribution < 1.29 is 22.8 Å². The van der Waals surface area contributed by atoms with Gasteiger partial charge >= 0.3 is 0 Å². The molecule has 9 heteroatoms. The van der Waals surface area contributed by atoms with Crippen LogP contribution in [0.2, 0.25) is 0 Å². The van der Waals surface area contributed by atoms with Crippen molar-refractivity contribution in [3.05, 3.63) is 109 Å². The number of halogens is 2.